The maximum Gasteiger partial charge on any atom is 0.129 e. The van der Waals surface area contributed by atoms with Crippen LogP contribution in [-0.4, -0.2) is 42.4 Å². The Morgan fingerprint density at radius 2 is 1.62 bits per heavy atom. The van der Waals surface area contributed by atoms with Gasteiger partial charge in [0.2, 0.25) is 0 Å². The van der Waals surface area contributed by atoms with Crippen molar-refractivity contribution in [2.75, 3.05) is 31.1 Å². The molecule has 2 heterocycles. The third-order valence-electron chi connectivity index (χ3n) is 8.81. The summed E-state index contributed by atoms with van der Waals surface area (Å²) in [7, 11) is 0. The van der Waals surface area contributed by atoms with Crippen LogP contribution >= 0.6 is 0 Å². The fourth-order valence-electron chi connectivity index (χ4n) is 5.53. The smallest absolute Gasteiger partial charge is 0.129 e. The lowest BCUT2D eigenvalue weighted by molar-refractivity contribution is 0.284. The Hall–Kier alpha value is -1.95. The number of hydrogen-bond donors (Lipinski definition) is 3. The minimum Gasteiger partial charge on any atom is -0.396 e. The minimum absolute atomic E-state index is 0.238. The zero-order valence-corrected chi connectivity index (χ0v) is 26.8. The van der Waals surface area contributed by atoms with Crippen molar-refractivity contribution in [3.63, 3.8) is 0 Å². The third kappa shape index (κ3) is 10.2. The SMILES string of the molecule is CC1CCN(c2cccc(-c3ccc4c(c3)C(C)(C)CCC4(C)C)n2)CC1.CCC(N)CCN.CCCCCO. The molecule has 1 aliphatic heterocycles. The van der Waals surface area contributed by atoms with Crippen molar-refractivity contribution in [2.45, 2.75) is 123 Å². The van der Waals surface area contributed by atoms with Crippen molar-refractivity contribution in [1.29, 1.82) is 0 Å². The highest BCUT2D eigenvalue weighted by atomic mass is 16.2. The summed E-state index contributed by atoms with van der Waals surface area (Å²) in [6, 6.07) is 13.9. The van der Waals surface area contributed by atoms with E-state index in [4.69, 9.17) is 21.6 Å². The molecule has 1 fully saturated rings. The Kier molecular flexibility index (Phi) is 14.1. The van der Waals surface area contributed by atoms with Gasteiger partial charge in [-0.2, -0.15) is 0 Å². The van der Waals surface area contributed by atoms with E-state index in [-0.39, 0.29) is 10.8 Å². The molecule has 40 heavy (non-hydrogen) atoms. The Morgan fingerprint density at radius 1 is 0.975 bits per heavy atom. The van der Waals surface area contributed by atoms with Crippen LogP contribution in [0.2, 0.25) is 0 Å². The Bertz CT molecular complexity index is 991. The quantitative estimate of drug-likeness (QED) is 0.294. The predicted molar refractivity (Wildman–Crippen MR) is 174 cm³/mol. The number of anilines is 1. The summed E-state index contributed by atoms with van der Waals surface area (Å²) in [5.74, 6) is 1.98. The number of hydrogen-bond acceptors (Lipinski definition) is 5. The van der Waals surface area contributed by atoms with Crippen molar-refractivity contribution in [1.82, 2.24) is 4.98 Å². The molecule has 226 valence electrons. The van der Waals surface area contributed by atoms with E-state index in [1.807, 2.05) is 0 Å². The molecule has 1 aromatic carbocycles. The number of aliphatic hydroxyl groups is 1. The maximum absolute atomic E-state index is 8.20. The van der Waals surface area contributed by atoms with Gasteiger partial charge in [0.1, 0.15) is 5.82 Å². The van der Waals surface area contributed by atoms with Crippen molar-refractivity contribution in [3.05, 3.63) is 47.5 Å². The van der Waals surface area contributed by atoms with Gasteiger partial charge in [-0.15, -0.1) is 0 Å². The summed E-state index contributed by atoms with van der Waals surface area (Å²) in [6.45, 7) is 19.4. The molecule has 1 aliphatic carbocycles. The van der Waals surface area contributed by atoms with Crippen LogP contribution in [0, 0.1) is 5.92 Å². The number of aromatic nitrogens is 1. The number of nitrogens with two attached hydrogens (primary N) is 2. The summed E-state index contributed by atoms with van der Waals surface area (Å²) < 4.78 is 0. The van der Waals surface area contributed by atoms with E-state index >= 15 is 0 Å². The molecule has 1 aromatic heterocycles. The van der Waals surface area contributed by atoms with Gasteiger partial charge in [-0.3, -0.25) is 0 Å². The first-order chi connectivity index (χ1) is 19.0. The molecule has 5 nitrogen and oxygen atoms in total. The Balaban J connectivity index is 0.000000360. The minimum atomic E-state index is 0.238. The van der Waals surface area contributed by atoms with E-state index in [1.165, 1.54) is 48.8 Å². The number of nitrogens with zero attached hydrogens (tertiary/aromatic N) is 2. The third-order valence-corrected chi connectivity index (χ3v) is 8.81. The van der Waals surface area contributed by atoms with Crippen molar-refractivity contribution in [2.24, 2.45) is 17.4 Å². The number of unbranched alkanes of at least 4 members (excludes halogenated alkanes) is 2. The van der Waals surface area contributed by atoms with Crippen LogP contribution in [0.25, 0.3) is 11.3 Å². The fourth-order valence-corrected chi connectivity index (χ4v) is 5.53. The van der Waals surface area contributed by atoms with Gasteiger partial charge in [-0.05, 0) is 97.6 Å². The molecule has 0 spiro atoms. The second-order valence-electron chi connectivity index (χ2n) is 13.3. The zero-order chi connectivity index (χ0) is 29.8. The maximum atomic E-state index is 8.20. The average Bonchev–Trinajstić information content (AvgIpc) is 2.95. The topological polar surface area (TPSA) is 88.4 Å². The second kappa shape index (κ2) is 16.5. The number of rotatable bonds is 8. The molecule has 0 amide bonds. The van der Waals surface area contributed by atoms with E-state index in [0.29, 0.717) is 12.6 Å². The van der Waals surface area contributed by atoms with Gasteiger partial charge < -0.3 is 21.5 Å². The molecule has 0 radical (unpaired) electrons. The highest BCUT2D eigenvalue weighted by Gasteiger charge is 2.37. The number of piperidine rings is 1. The van der Waals surface area contributed by atoms with Gasteiger partial charge in [0, 0.05) is 31.3 Å². The summed E-state index contributed by atoms with van der Waals surface area (Å²) in [5, 5.41) is 8.20. The predicted octanol–water partition coefficient (Wildman–Crippen LogP) is 7.58. The van der Waals surface area contributed by atoms with Crippen LogP contribution < -0.4 is 16.4 Å². The van der Waals surface area contributed by atoms with Crippen LogP contribution in [0.3, 0.4) is 0 Å². The first-order valence-corrected chi connectivity index (χ1v) is 15.9. The molecule has 0 saturated carbocycles. The molecule has 1 unspecified atom stereocenters. The highest BCUT2D eigenvalue weighted by Crippen LogP contribution is 2.46. The summed E-state index contributed by atoms with van der Waals surface area (Å²) >= 11 is 0. The largest absolute Gasteiger partial charge is 0.396 e. The molecule has 4 rings (SSSR count). The van der Waals surface area contributed by atoms with Crippen LogP contribution in [-0.2, 0) is 10.8 Å². The molecule has 2 aromatic rings. The molecular formula is C35H60N4O. The van der Waals surface area contributed by atoms with E-state index in [9.17, 15) is 0 Å². The average molecular weight is 553 g/mol. The molecule has 5 N–H and O–H groups in total. The number of aliphatic hydroxyl groups excluding tert-OH is 1. The lowest BCUT2D eigenvalue weighted by Crippen LogP contribution is -2.34. The summed E-state index contributed by atoms with van der Waals surface area (Å²) in [6.07, 6.45) is 10.4. The van der Waals surface area contributed by atoms with E-state index in [1.54, 1.807) is 0 Å². The summed E-state index contributed by atoms with van der Waals surface area (Å²) in [4.78, 5) is 7.50. The number of fused-ring (bicyclic) bond motifs is 1. The highest BCUT2D eigenvalue weighted by molar-refractivity contribution is 5.65. The Morgan fingerprint density at radius 3 is 2.15 bits per heavy atom. The summed E-state index contributed by atoms with van der Waals surface area (Å²) in [5.41, 5.74) is 16.6. The van der Waals surface area contributed by atoms with E-state index in [2.05, 4.69) is 89.8 Å². The monoisotopic (exact) mass is 552 g/mol. The van der Waals surface area contributed by atoms with Crippen LogP contribution in [0.4, 0.5) is 5.82 Å². The Labute approximate surface area is 246 Å². The lowest BCUT2D eigenvalue weighted by atomic mass is 9.63. The van der Waals surface area contributed by atoms with Crippen LogP contribution in [0.15, 0.2) is 36.4 Å². The van der Waals surface area contributed by atoms with E-state index < -0.39 is 0 Å². The van der Waals surface area contributed by atoms with Crippen molar-refractivity contribution >= 4 is 5.82 Å². The van der Waals surface area contributed by atoms with Crippen molar-refractivity contribution < 1.29 is 5.11 Å². The van der Waals surface area contributed by atoms with Crippen molar-refractivity contribution in [3.8, 4) is 11.3 Å². The van der Waals surface area contributed by atoms with Gasteiger partial charge in [-0.1, -0.05) is 79.5 Å². The second-order valence-corrected chi connectivity index (χ2v) is 13.3. The molecular weight excluding hydrogens is 492 g/mol. The standard InChI is InChI=1S/C25H34N2.C5H14N2.C5H12O/c1-18-11-15-27(16-12-18)23-8-6-7-22(26-23)19-9-10-20-21(17-19)25(4,5)14-13-24(20,2)3;1-2-5(7)3-4-6;1-2-3-4-5-6/h6-10,17-18H,11-16H2,1-5H3;5H,2-4,6-7H2,1H3;6H,2-5H2,1H3. The van der Waals surface area contributed by atoms with Crippen LogP contribution in [0.5, 0.6) is 0 Å². The van der Waals surface area contributed by atoms with Gasteiger partial charge in [0.15, 0.2) is 0 Å². The number of pyridine rings is 1. The molecule has 0 bridgehead atoms. The molecule has 5 heteroatoms. The number of benzene rings is 1. The van der Waals surface area contributed by atoms with E-state index in [0.717, 1.165) is 62.7 Å². The molecule has 2 aliphatic rings. The zero-order valence-electron chi connectivity index (χ0n) is 26.8. The normalized spacial score (nSPS) is 18.5. The first-order valence-electron chi connectivity index (χ1n) is 15.9. The van der Waals surface area contributed by atoms with Gasteiger partial charge in [0.25, 0.3) is 0 Å². The fraction of sp³-hybridized carbons (Fsp3) is 0.686. The lowest BCUT2D eigenvalue weighted by Gasteiger charge is -2.42. The molecule has 1 atom stereocenters. The van der Waals surface area contributed by atoms with Gasteiger partial charge in [0.05, 0.1) is 5.69 Å². The van der Waals surface area contributed by atoms with Gasteiger partial charge >= 0.3 is 0 Å². The molecule has 1 saturated heterocycles. The van der Waals surface area contributed by atoms with Gasteiger partial charge in [-0.25, -0.2) is 4.98 Å². The first kappa shape index (κ1) is 34.3. The van der Waals surface area contributed by atoms with Crippen LogP contribution in [0.1, 0.15) is 117 Å².